The molecule has 2 N–H and O–H groups in total. The number of hydrogen-bond acceptors (Lipinski definition) is 1. The molecule has 16 heavy (non-hydrogen) atoms. The second-order valence-electron chi connectivity index (χ2n) is 3.33. The van der Waals surface area contributed by atoms with Crippen LogP contribution in [0.1, 0.15) is 0 Å². The van der Waals surface area contributed by atoms with Gasteiger partial charge in [0.05, 0.1) is 16.3 Å². The van der Waals surface area contributed by atoms with Crippen molar-refractivity contribution >= 4 is 17.3 Å². The van der Waals surface area contributed by atoms with E-state index in [0.29, 0.717) is 16.3 Å². The predicted molar refractivity (Wildman–Crippen MR) is 61.2 cm³/mol. The van der Waals surface area contributed by atoms with Gasteiger partial charge in [0.15, 0.2) is 0 Å². The first-order chi connectivity index (χ1) is 7.59. The van der Waals surface area contributed by atoms with Crippen LogP contribution in [-0.2, 0) is 0 Å². The summed E-state index contributed by atoms with van der Waals surface area (Å²) in [4.78, 5) is 0. The van der Waals surface area contributed by atoms with E-state index in [2.05, 4.69) is 0 Å². The van der Waals surface area contributed by atoms with Crippen molar-refractivity contribution in [3.63, 3.8) is 0 Å². The summed E-state index contributed by atoms with van der Waals surface area (Å²) < 4.78 is 26.9. The van der Waals surface area contributed by atoms with Crippen LogP contribution in [0.5, 0.6) is 0 Å². The van der Waals surface area contributed by atoms with Gasteiger partial charge in [-0.3, -0.25) is 0 Å². The van der Waals surface area contributed by atoms with E-state index in [4.69, 9.17) is 17.3 Å². The van der Waals surface area contributed by atoms with E-state index in [-0.39, 0.29) is 5.56 Å². The van der Waals surface area contributed by atoms with E-state index in [9.17, 15) is 8.78 Å². The van der Waals surface area contributed by atoms with E-state index < -0.39 is 11.6 Å². The van der Waals surface area contributed by atoms with Crippen LogP contribution in [0.2, 0.25) is 5.02 Å². The summed E-state index contributed by atoms with van der Waals surface area (Å²) in [5.41, 5.74) is 6.16. The number of nitrogens with two attached hydrogens (primary N) is 1. The standard InChI is InChI=1S/C12H8ClF2N/c13-8-5-4-7(6-11(8)16)12-9(14)2-1-3-10(12)15/h1-6H,16H2. The molecular formula is C12H8ClF2N. The molecular weight excluding hydrogens is 232 g/mol. The Balaban J connectivity index is 2.63. The van der Waals surface area contributed by atoms with Gasteiger partial charge in [0.2, 0.25) is 0 Å². The van der Waals surface area contributed by atoms with Gasteiger partial charge in [0, 0.05) is 0 Å². The van der Waals surface area contributed by atoms with Gasteiger partial charge in [-0.2, -0.15) is 0 Å². The third-order valence-electron chi connectivity index (χ3n) is 2.25. The Hall–Kier alpha value is -1.61. The van der Waals surface area contributed by atoms with Gasteiger partial charge in [0.1, 0.15) is 11.6 Å². The number of hydrogen-bond donors (Lipinski definition) is 1. The van der Waals surface area contributed by atoms with E-state index in [1.807, 2.05) is 0 Å². The molecule has 0 aromatic heterocycles. The van der Waals surface area contributed by atoms with Crippen LogP contribution in [-0.4, -0.2) is 0 Å². The van der Waals surface area contributed by atoms with E-state index in [1.165, 1.54) is 36.4 Å². The van der Waals surface area contributed by atoms with Crippen LogP contribution in [0.3, 0.4) is 0 Å². The molecule has 0 aliphatic rings. The minimum Gasteiger partial charge on any atom is -0.398 e. The van der Waals surface area contributed by atoms with Crippen molar-refractivity contribution in [2.45, 2.75) is 0 Å². The van der Waals surface area contributed by atoms with Crippen LogP contribution in [0, 0.1) is 11.6 Å². The van der Waals surface area contributed by atoms with Crippen molar-refractivity contribution in [1.29, 1.82) is 0 Å². The maximum absolute atomic E-state index is 13.5. The molecule has 0 radical (unpaired) electrons. The summed E-state index contributed by atoms with van der Waals surface area (Å²) in [6.07, 6.45) is 0. The predicted octanol–water partition coefficient (Wildman–Crippen LogP) is 3.87. The molecule has 0 saturated carbocycles. The lowest BCUT2D eigenvalue weighted by atomic mass is 10.0. The average Bonchev–Trinajstić information content (AvgIpc) is 2.23. The molecule has 2 aromatic rings. The Bertz CT molecular complexity index is 520. The highest BCUT2D eigenvalue weighted by Gasteiger charge is 2.11. The molecule has 0 aliphatic carbocycles. The summed E-state index contributed by atoms with van der Waals surface area (Å²) in [6, 6.07) is 8.20. The molecule has 0 bridgehead atoms. The molecule has 0 fully saturated rings. The lowest BCUT2D eigenvalue weighted by Crippen LogP contribution is -1.92. The lowest BCUT2D eigenvalue weighted by molar-refractivity contribution is 0.589. The number of nitrogen functional groups attached to an aromatic ring is 1. The summed E-state index contributed by atoms with van der Waals surface area (Å²) in [6.45, 7) is 0. The molecule has 2 aromatic carbocycles. The topological polar surface area (TPSA) is 26.0 Å². The first kappa shape index (κ1) is 10.9. The van der Waals surface area contributed by atoms with Crippen LogP contribution in [0.25, 0.3) is 11.1 Å². The normalized spacial score (nSPS) is 10.4. The third-order valence-corrected chi connectivity index (χ3v) is 2.59. The molecule has 4 heteroatoms. The largest absolute Gasteiger partial charge is 0.398 e. The number of benzene rings is 2. The Morgan fingerprint density at radius 2 is 1.62 bits per heavy atom. The minimum atomic E-state index is -0.623. The molecule has 0 spiro atoms. The second-order valence-corrected chi connectivity index (χ2v) is 3.74. The summed E-state index contributed by atoms with van der Waals surface area (Å²) in [5.74, 6) is -1.25. The zero-order valence-corrected chi connectivity index (χ0v) is 8.93. The van der Waals surface area contributed by atoms with Crippen molar-refractivity contribution in [3.05, 3.63) is 53.1 Å². The number of anilines is 1. The Morgan fingerprint density at radius 3 is 2.19 bits per heavy atom. The Morgan fingerprint density at radius 1 is 1.00 bits per heavy atom. The molecule has 0 unspecified atom stereocenters. The molecule has 0 saturated heterocycles. The fourth-order valence-corrected chi connectivity index (χ4v) is 1.59. The van der Waals surface area contributed by atoms with Crippen molar-refractivity contribution in [1.82, 2.24) is 0 Å². The molecule has 0 aliphatic heterocycles. The molecule has 0 amide bonds. The third kappa shape index (κ3) is 1.86. The number of rotatable bonds is 1. The quantitative estimate of drug-likeness (QED) is 0.751. The van der Waals surface area contributed by atoms with Crippen LogP contribution in [0.4, 0.5) is 14.5 Å². The molecule has 0 heterocycles. The van der Waals surface area contributed by atoms with Crippen LogP contribution >= 0.6 is 11.6 Å². The van der Waals surface area contributed by atoms with Gasteiger partial charge in [-0.05, 0) is 29.8 Å². The number of halogens is 3. The Kier molecular flexibility index (Phi) is 2.79. The van der Waals surface area contributed by atoms with E-state index in [1.54, 1.807) is 0 Å². The van der Waals surface area contributed by atoms with Gasteiger partial charge in [-0.25, -0.2) is 8.78 Å². The van der Waals surface area contributed by atoms with E-state index in [0.717, 1.165) is 0 Å². The van der Waals surface area contributed by atoms with Crippen molar-refractivity contribution in [2.24, 2.45) is 0 Å². The highest BCUT2D eigenvalue weighted by molar-refractivity contribution is 6.33. The van der Waals surface area contributed by atoms with Crippen LogP contribution in [0.15, 0.2) is 36.4 Å². The highest BCUT2D eigenvalue weighted by Crippen LogP contribution is 2.30. The zero-order valence-electron chi connectivity index (χ0n) is 8.18. The zero-order chi connectivity index (χ0) is 11.7. The summed E-state index contributed by atoms with van der Waals surface area (Å²) in [5, 5.41) is 0.362. The Labute approximate surface area is 96.5 Å². The van der Waals surface area contributed by atoms with E-state index >= 15 is 0 Å². The monoisotopic (exact) mass is 239 g/mol. The van der Waals surface area contributed by atoms with Crippen molar-refractivity contribution < 1.29 is 8.78 Å². The highest BCUT2D eigenvalue weighted by atomic mass is 35.5. The lowest BCUT2D eigenvalue weighted by Gasteiger charge is -2.06. The first-order valence-corrected chi connectivity index (χ1v) is 4.97. The molecule has 82 valence electrons. The average molecular weight is 240 g/mol. The van der Waals surface area contributed by atoms with Gasteiger partial charge >= 0.3 is 0 Å². The van der Waals surface area contributed by atoms with Crippen LogP contribution < -0.4 is 5.73 Å². The SMILES string of the molecule is Nc1cc(-c2c(F)cccc2F)ccc1Cl. The van der Waals surface area contributed by atoms with Gasteiger partial charge in [0.25, 0.3) is 0 Å². The fourth-order valence-electron chi connectivity index (χ4n) is 1.47. The summed E-state index contributed by atoms with van der Waals surface area (Å²) in [7, 11) is 0. The maximum Gasteiger partial charge on any atom is 0.133 e. The second kappa shape index (κ2) is 4.10. The smallest absolute Gasteiger partial charge is 0.133 e. The summed E-state index contributed by atoms with van der Waals surface area (Å²) >= 11 is 5.74. The molecule has 1 nitrogen and oxygen atoms in total. The van der Waals surface area contributed by atoms with Gasteiger partial charge in [-0.15, -0.1) is 0 Å². The first-order valence-electron chi connectivity index (χ1n) is 4.59. The fraction of sp³-hybridized carbons (Fsp3) is 0. The van der Waals surface area contributed by atoms with Crippen molar-refractivity contribution in [2.75, 3.05) is 5.73 Å². The molecule has 0 atom stereocenters. The van der Waals surface area contributed by atoms with Crippen molar-refractivity contribution in [3.8, 4) is 11.1 Å². The molecule has 2 rings (SSSR count). The van der Waals surface area contributed by atoms with Gasteiger partial charge < -0.3 is 5.73 Å². The maximum atomic E-state index is 13.5. The van der Waals surface area contributed by atoms with Gasteiger partial charge in [-0.1, -0.05) is 23.7 Å². The minimum absolute atomic E-state index is 0.0918.